The Morgan fingerprint density at radius 3 is 2.37 bits per heavy atom. The van der Waals surface area contributed by atoms with Gasteiger partial charge in [0.25, 0.3) is 0 Å². The molecule has 0 fully saturated rings. The van der Waals surface area contributed by atoms with Crippen molar-refractivity contribution in [1.29, 1.82) is 0 Å². The number of rotatable bonds is 5. The second-order valence-electron chi connectivity index (χ2n) is 4.03. The van der Waals surface area contributed by atoms with Crippen LogP contribution in [0.3, 0.4) is 0 Å². The molecule has 0 saturated heterocycles. The van der Waals surface area contributed by atoms with E-state index in [1.54, 1.807) is 0 Å². The van der Waals surface area contributed by atoms with Crippen molar-refractivity contribution in [2.75, 3.05) is 12.0 Å². The highest BCUT2D eigenvalue weighted by atomic mass is 19.4. The van der Waals surface area contributed by atoms with E-state index in [-0.39, 0.29) is 24.2 Å². The molecule has 19 heavy (non-hydrogen) atoms. The minimum Gasteiger partial charge on any atom is -0.390 e. The van der Waals surface area contributed by atoms with E-state index in [0.717, 1.165) is 18.2 Å². The number of halogens is 3. The average Bonchev–Trinajstić information content (AvgIpc) is 2.36. The van der Waals surface area contributed by atoms with E-state index >= 15 is 0 Å². The van der Waals surface area contributed by atoms with Crippen LogP contribution in [0.2, 0.25) is 0 Å². The van der Waals surface area contributed by atoms with Gasteiger partial charge < -0.3 is 21.4 Å². The number of hydrogen-bond acceptors (Lipinski definition) is 5. The number of hydrazine groups is 1. The monoisotopic (exact) mass is 279 g/mol. The minimum atomic E-state index is -4.51. The van der Waals surface area contributed by atoms with Crippen molar-refractivity contribution < 1.29 is 23.4 Å². The van der Waals surface area contributed by atoms with Crippen molar-refractivity contribution in [2.24, 2.45) is 11.6 Å². The van der Waals surface area contributed by atoms with Gasteiger partial charge in [-0.2, -0.15) is 13.2 Å². The molecule has 0 spiro atoms. The van der Waals surface area contributed by atoms with E-state index in [9.17, 15) is 23.4 Å². The summed E-state index contributed by atoms with van der Waals surface area (Å²) in [6.45, 7) is 0.143. The maximum atomic E-state index is 12.5. The molecule has 108 valence electrons. The Bertz CT molecular complexity index is 426. The number of anilines is 1. The molecule has 0 aliphatic carbocycles. The zero-order valence-corrected chi connectivity index (χ0v) is 9.98. The molecule has 0 heterocycles. The predicted molar refractivity (Wildman–Crippen MR) is 63.9 cm³/mol. The van der Waals surface area contributed by atoms with Crippen molar-refractivity contribution in [2.45, 2.75) is 24.8 Å². The van der Waals surface area contributed by atoms with Gasteiger partial charge in [0, 0.05) is 5.56 Å². The fraction of sp³-hybridized carbons (Fsp3) is 0.455. The fourth-order valence-corrected chi connectivity index (χ4v) is 1.65. The second kappa shape index (κ2) is 6.20. The van der Waals surface area contributed by atoms with Gasteiger partial charge in [0.1, 0.15) is 6.10 Å². The molecule has 2 unspecified atom stereocenters. The van der Waals surface area contributed by atoms with E-state index < -0.39 is 23.9 Å². The number of nitrogens with one attached hydrogen (secondary N) is 1. The zero-order chi connectivity index (χ0) is 14.6. The first kappa shape index (κ1) is 15.7. The molecule has 0 amide bonds. The molecule has 0 bridgehead atoms. The van der Waals surface area contributed by atoms with E-state index in [1.165, 1.54) is 0 Å². The summed E-state index contributed by atoms with van der Waals surface area (Å²) >= 11 is 0. The first-order valence-electron chi connectivity index (χ1n) is 5.55. The predicted octanol–water partition coefficient (Wildman–Crippen LogP) is 0.734. The summed E-state index contributed by atoms with van der Waals surface area (Å²) in [6, 6.07) is 2.66. The lowest BCUT2D eigenvalue weighted by molar-refractivity contribution is -0.137. The molecule has 0 aromatic heterocycles. The van der Waals surface area contributed by atoms with Gasteiger partial charge in [0.05, 0.1) is 17.4 Å². The third kappa shape index (κ3) is 3.80. The lowest BCUT2D eigenvalue weighted by Gasteiger charge is -2.21. The summed E-state index contributed by atoms with van der Waals surface area (Å²) in [4.78, 5) is 0. The largest absolute Gasteiger partial charge is 0.416 e. The van der Waals surface area contributed by atoms with E-state index in [4.69, 9.17) is 11.6 Å². The first-order valence-corrected chi connectivity index (χ1v) is 5.55. The van der Waals surface area contributed by atoms with Gasteiger partial charge in [0.2, 0.25) is 0 Å². The van der Waals surface area contributed by atoms with Crippen LogP contribution in [-0.4, -0.2) is 22.9 Å². The summed E-state index contributed by atoms with van der Waals surface area (Å²) in [5.41, 5.74) is 6.40. The lowest BCUT2D eigenvalue weighted by Crippen LogP contribution is -2.23. The van der Waals surface area contributed by atoms with Crippen LogP contribution < -0.4 is 17.0 Å². The Hall–Kier alpha value is -1.35. The van der Waals surface area contributed by atoms with Gasteiger partial charge in [-0.1, -0.05) is 6.07 Å². The van der Waals surface area contributed by atoms with Gasteiger partial charge in [-0.25, -0.2) is 0 Å². The molecule has 8 heteroatoms. The molecule has 0 aliphatic heterocycles. The number of aliphatic hydroxyl groups is 2. The topological polar surface area (TPSA) is 105 Å². The number of alkyl halides is 3. The van der Waals surface area contributed by atoms with E-state index in [2.05, 4.69) is 5.43 Å². The van der Waals surface area contributed by atoms with Crippen molar-refractivity contribution in [3.63, 3.8) is 0 Å². The van der Waals surface area contributed by atoms with Gasteiger partial charge in [-0.05, 0) is 25.1 Å². The number of aliphatic hydroxyl groups excluding tert-OH is 2. The van der Waals surface area contributed by atoms with Crippen LogP contribution in [0, 0.1) is 0 Å². The van der Waals surface area contributed by atoms with Crippen molar-refractivity contribution >= 4 is 5.69 Å². The molecule has 1 aromatic rings. The van der Waals surface area contributed by atoms with Crippen molar-refractivity contribution in [3.8, 4) is 0 Å². The number of hydrogen-bond donors (Lipinski definition) is 5. The smallest absolute Gasteiger partial charge is 0.390 e. The van der Waals surface area contributed by atoms with Gasteiger partial charge in [-0.3, -0.25) is 5.84 Å². The highest BCUT2D eigenvalue weighted by molar-refractivity contribution is 5.54. The molecule has 1 rings (SSSR count). The van der Waals surface area contributed by atoms with Crippen molar-refractivity contribution in [1.82, 2.24) is 0 Å². The van der Waals surface area contributed by atoms with Gasteiger partial charge >= 0.3 is 6.18 Å². The lowest BCUT2D eigenvalue weighted by atomic mass is 9.98. The molecule has 1 aromatic carbocycles. The Labute approximate surface area is 108 Å². The van der Waals surface area contributed by atoms with Crippen LogP contribution in [0.25, 0.3) is 0 Å². The third-order valence-electron chi connectivity index (χ3n) is 2.68. The molecular weight excluding hydrogens is 263 g/mol. The molecule has 0 aliphatic rings. The minimum absolute atomic E-state index is 0.0800. The van der Waals surface area contributed by atoms with Gasteiger partial charge in [0.15, 0.2) is 0 Å². The quantitative estimate of drug-likeness (QED) is 0.404. The summed E-state index contributed by atoms with van der Waals surface area (Å²) in [7, 11) is 0. The number of nitrogen functional groups attached to an aromatic ring is 1. The zero-order valence-electron chi connectivity index (χ0n) is 9.98. The molecular formula is C11H16F3N3O2. The number of nitrogens with two attached hydrogens (primary N) is 2. The highest BCUT2D eigenvalue weighted by Gasteiger charge is 2.32. The standard InChI is InChI=1S/C11H16F3N3O2/c12-11(13,14)6-1-2-7(8(5-6)17-16)10(19)9(18)3-4-15/h1-2,5,9-10,17-19H,3-4,15-16H2. The molecule has 0 saturated carbocycles. The first-order chi connectivity index (χ1) is 8.81. The van der Waals surface area contributed by atoms with Crippen LogP contribution in [0.4, 0.5) is 18.9 Å². The Kier molecular flexibility index (Phi) is 5.12. The van der Waals surface area contributed by atoms with E-state index in [1.807, 2.05) is 0 Å². The maximum Gasteiger partial charge on any atom is 0.416 e. The summed E-state index contributed by atoms with van der Waals surface area (Å²) in [5, 5.41) is 19.4. The fourth-order valence-electron chi connectivity index (χ4n) is 1.65. The SMILES string of the molecule is NCCC(O)C(O)c1ccc(C(F)(F)F)cc1NN. The molecule has 5 nitrogen and oxygen atoms in total. The molecule has 2 atom stereocenters. The maximum absolute atomic E-state index is 12.5. The highest BCUT2D eigenvalue weighted by Crippen LogP contribution is 2.34. The average molecular weight is 279 g/mol. The molecule has 0 radical (unpaired) electrons. The molecule has 7 N–H and O–H groups in total. The Morgan fingerprint density at radius 2 is 1.89 bits per heavy atom. The van der Waals surface area contributed by atoms with Crippen LogP contribution in [-0.2, 0) is 6.18 Å². The normalized spacial score (nSPS) is 15.1. The van der Waals surface area contributed by atoms with Crippen LogP contribution in [0.5, 0.6) is 0 Å². The summed E-state index contributed by atoms with van der Waals surface area (Å²) < 4.78 is 37.6. The van der Waals surface area contributed by atoms with E-state index in [0.29, 0.717) is 0 Å². The van der Waals surface area contributed by atoms with Crippen molar-refractivity contribution in [3.05, 3.63) is 29.3 Å². The van der Waals surface area contributed by atoms with Crippen LogP contribution in [0.1, 0.15) is 23.7 Å². The van der Waals surface area contributed by atoms with Gasteiger partial charge in [-0.15, -0.1) is 0 Å². The summed E-state index contributed by atoms with van der Waals surface area (Å²) in [6.07, 6.45) is -6.93. The third-order valence-corrected chi connectivity index (χ3v) is 2.68. The summed E-state index contributed by atoms with van der Waals surface area (Å²) in [5.74, 6) is 5.14. The Morgan fingerprint density at radius 1 is 1.26 bits per heavy atom. The second-order valence-corrected chi connectivity index (χ2v) is 4.03. The van der Waals surface area contributed by atoms with Crippen LogP contribution in [0.15, 0.2) is 18.2 Å². The number of benzene rings is 1. The Balaban J connectivity index is 3.09. The van der Waals surface area contributed by atoms with Crippen LogP contribution >= 0.6 is 0 Å².